The number of alkyl halides is 3. The number of nitrogens with one attached hydrogen (secondary N) is 1. The first kappa shape index (κ1) is 10.8. The molecule has 1 heterocycles. The summed E-state index contributed by atoms with van der Waals surface area (Å²) in [5.74, 6) is 0.0367. The smallest absolute Gasteiger partial charge is 0.261 e. The lowest BCUT2D eigenvalue weighted by Gasteiger charge is -2.07. The van der Waals surface area contributed by atoms with Crippen LogP contribution in [-0.4, -0.2) is 11.7 Å². The lowest BCUT2D eigenvalue weighted by molar-refractivity contribution is -0.137. The summed E-state index contributed by atoms with van der Waals surface area (Å²) in [6.07, 6.45) is -3.78. The van der Waals surface area contributed by atoms with Crippen LogP contribution >= 0.6 is 11.6 Å². The van der Waals surface area contributed by atoms with Gasteiger partial charge in [-0.2, -0.15) is 18.3 Å². The van der Waals surface area contributed by atoms with Crippen molar-refractivity contribution in [2.24, 2.45) is 5.10 Å². The SMILES string of the molecule is C=NNc1ncc(C(F)(F)F)cc1Cl. The summed E-state index contributed by atoms with van der Waals surface area (Å²) in [5.41, 5.74) is 1.35. The standard InChI is InChI=1S/C7H5ClF3N3/c1-12-14-6-5(8)2-4(3-13-6)7(9,10)11/h2-3H,1H2,(H,13,14). The molecule has 3 nitrogen and oxygen atoms in total. The van der Waals surface area contributed by atoms with Crippen LogP contribution in [0.25, 0.3) is 0 Å². The van der Waals surface area contributed by atoms with Gasteiger partial charge in [-0.3, -0.25) is 5.43 Å². The van der Waals surface area contributed by atoms with Gasteiger partial charge < -0.3 is 0 Å². The molecule has 0 atom stereocenters. The number of hydrogen-bond donors (Lipinski definition) is 1. The number of anilines is 1. The summed E-state index contributed by atoms with van der Waals surface area (Å²) < 4.78 is 36.4. The molecule has 0 spiro atoms. The molecule has 0 fully saturated rings. The Morgan fingerprint density at radius 1 is 1.50 bits per heavy atom. The number of halogens is 4. The Kier molecular flexibility index (Phi) is 2.95. The summed E-state index contributed by atoms with van der Waals surface area (Å²) in [6, 6.07) is 0.766. The Labute approximate surface area is 82.6 Å². The van der Waals surface area contributed by atoms with Crippen molar-refractivity contribution in [1.29, 1.82) is 0 Å². The van der Waals surface area contributed by atoms with Crippen LogP contribution in [0.5, 0.6) is 0 Å². The Morgan fingerprint density at radius 2 is 2.14 bits per heavy atom. The van der Waals surface area contributed by atoms with E-state index in [1.807, 2.05) is 0 Å². The molecule has 0 bridgehead atoms. The second-order valence-corrected chi connectivity index (χ2v) is 2.73. The fraction of sp³-hybridized carbons (Fsp3) is 0.143. The second kappa shape index (κ2) is 3.83. The summed E-state index contributed by atoms with van der Waals surface area (Å²) >= 11 is 5.50. The van der Waals surface area contributed by atoms with Crippen molar-refractivity contribution in [3.63, 3.8) is 0 Å². The van der Waals surface area contributed by atoms with Gasteiger partial charge in [0.1, 0.15) is 0 Å². The van der Waals surface area contributed by atoms with Crippen LogP contribution in [0, 0.1) is 0 Å². The van der Waals surface area contributed by atoms with Gasteiger partial charge in [0.2, 0.25) is 0 Å². The first-order valence-electron chi connectivity index (χ1n) is 3.39. The predicted molar refractivity (Wildman–Crippen MR) is 47.4 cm³/mol. The summed E-state index contributed by atoms with van der Waals surface area (Å²) in [7, 11) is 0. The van der Waals surface area contributed by atoms with Crippen LogP contribution in [0.4, 0.5) is 19.0 Å². The van der Waals surface area contributed by atoms with Gasteiger partial charge in [-0.05, 0) is 6.07 Å². The lowest BCUT2D eigenvalue weighted by Crippen LogP contribution is -2.06. The molecule has 14 heavy (non-hydrogen) atoms. The molecule has 0 unspecified atom stereocenters. The van der Waals surface area contributed by atoms with E-state index in [0.717, 1.165) is 6.07 Å². The molecular formula is C7H5ClF3N3. The zero-order valence-electron chi connectivity index (χ0n) is 6.77. The highest BCUT2D eigenvalue weighted by Gasteiger charge is 2.31. The Morgan fingerprint density at radius 3 is 2.57 bits per heavy atom. The van der Waals surface area contributed by atoms with E-state index in [-0.39, 0.29) is 10.8 Å². The largest absolute Gasteiger partial charge is 0.417 e. The number of nitrogens with zero attached hydrogens (tertiary/aromatic N) is 2. The maximum atomic E-state index is 12.1. The molecule has 0 aliphatic heterocycles. The number of aromatic nitrogens is 1. The van der Waals surface area contributed by atoms with Crippen LogP contribution in [-0.2, 0) is 6.18 Å². The summed E-state index contributed by atoms with van der Waals surface area (Å²) in [6.45, 7) is 3.09. The van der Waals surface area contributed by atoms with Crippen molar-refractivity contribution in [2.45, 2.75) is 6.18 Å². The lowest BCUT2D eigenvalue weighted by atomic mass is 10.3. The number of hydrazone groups is 1. The highest BCUT2D eigenvalue weighted by Crippen LogP contribution is 2.32. The maximum absolute atomic E-state index is 12.1. The zero-order valence-corrected chi connectivity index (χ0v) is 7.52. The number of pyridine rings is 1. The van der Waals surface area contributed by atoms with Gasteiger partial charge in [0.05, 0.1) is 10.6 Å². The average molecular weight is 224 g/mol. The van der Waals surface area contributed by atoms with Crippen molar-refractivity contribution >= 4 is 24.1 Å². The molecule has 1 rings (SSSR count). The third kappa shape index (κ3) is 2.35. The van der Waals surface area contributed by atoms with Crippen LogP contribution in [0.15, 0.2) is 17.4 Å². The monoisotopic (exact) mass is 223 g/mol. The fourth-order valence-corrected chi connectivity index (χ4v) is 0.959. The Bertz CT molecular complexity index is 351. The molecule has 0 amide bonds. The first-order chi connectivity index (χ1) is 6.45. The molecule has 1 N–H and O–H groups in total. The topological polar surface area (TPSA) is 37.3 Å². The Balaban J connectivity index is 3.06. The second-order valence-electron chi connectivity index (χ2n) is 2.32. The van der Waals surface area contributed by atoms with E-state index in [1.165, 1.54) is 0 Å². The molecule has 7 heteroatoms. The van der Waals surface area contributed by atoms with E-state index in [4.69, 9.17) is 11.6 Å². The highest BCUT2D eigenvalue weighted by molar-refractivity contribution is 6.32. The molecule has 76 valence electrons. The molecule has 1 aromatic heterocycles. The van der Waals surface area contributed by atoms with E-state index in [1.54, 1.807) is 0 Å². The van der Waals surface area contributed by atoms with Gasteiger partial charge in [0.15, 0.2) is 5.82 Å². The first-order valence-corrected chi connectivity index (χ1v) is 3.77. The van der Waals surface area contributed by atoms with Crippen LogP contribution < -0.4 is 5.43 Å². The molecule has 0 aliphatic rings. The van der Waals surface area contributed by atoms with E-state index in [2.05, 4.69) is 22.2 Å². The molecule has 0 radical (unpaired) electrons. The van der Waals surface area contributed by atoms with Gasteiger partial charge in [0, 0.05) is 12.9 Å². The van der Waals surface area contributed by atoms with E-state index in [0.29, 0.717) is 6.20 Å². The quantitative estimate of drug-likeness (QED) is 0.618. The molecule has 0 aromatic carbocycles. The minimum absolute atomic E-state index is 0.0367. The fourth-order valence-electron chi connectivity index (χ4n) is 0.750. The van der Waals surface area contributed by atoms with E-state index in [9.17, 15) is 13.2 Å². The zero-order chi connectivity index (χ0) is 10.8. The van der Waals surface area contributed by atoms with Crippen molar-refractivity contribution in [1.82, 2.24) is 4.98 Å². The molecule has 0 aliphatic carbocycles. The van der Waals surface area contributed by atoms with Gasteiger partial charge in [0.25, 0.3) is 0 Å². The van der Waals surface area contributed by atoms with Gasteiger partial charge in [-0.25, -0.2) is 4.98 Å². The van der Waals surface area contributed by atoms with Gasteiger partial charge in [-0.1, -0.05) is 11.6 Å². The molecule has 0 saturated carbocycles. The van der Waals surface area contributed by atoms with Gasteiger partial charge >= 0.3 is 6.18 Å². The number of hydrogen-bond acceptors (Lipinski definition) is 3. The third-order valence-corrected chi connectivity index (χ3v) is 1.64. The van der Waals surface area contributed by atoms with Crippen LogP contribution in [0.3, 0.4) is 0 Å². The summed E-state index contributed by atoms with van der Waals surface area (Å²) in [4.78, 5) is 3.44. The van der Waals surface area contributed by atoms with Gasteiger partial charge in [-0.15, -0.1) is 0 Å². The third-order valence-electron chi connectivity index (χ3n) is 1.35. The van der Waals surface area contributed by atoms with Crippen molar-refractivity contribution in [2.75, 3.05) is 5.43 Å². The van der Waals surface area contributed by atoms with Crippen LogP contribution in [0.2, 0.25) is 5.02 Å². The van der Waals surface area contributed by atoms with Crippen molar-refractivity contribution in [3.8, 4) is 0 Å². The minimum Gasteiger partial charge on any atom is -0.261 e. The average Bonchev–Trinajstić information content (AvgIpc) is 2.07. The minimum atomic E-state index is -4.45. The maximum Gasteiger partial charge on any atom is 0.417 e. The van der Waals surface area contributed by atoms with E-state index >= 15 is 0 Å². The molecular weight excluding hydrogens is 219 g/mol. The van der Waals surface area contributed by atoms with Crippen molar-refractivity contribution in [3.05, 3.63) is 22.8 Å². The molecule has 0 saturated heterocycles. The number of rotatable bonds is 2. The predicted octanol–water partition coefficient (Wildman–Crippen LogP) is 2.78. The molecule has 1 aromatic rings. The van der Waals surface area contributed by atoms with Crippen LogP contribution in [0.1, 0.15) is 5.56 Å². The van der Waals surface area contributed by atoms with Crippen molar-refractivity contribution < 1.29 is 13.2 Å². The Hall–Kier alpha value is -1.30. The summed E-state index contributed by atoms with van der Waals surface area (Å²) in [5, 5.41) is 3.07. The van der Waals surface area contributed by atoms with E-state index < -0.39 is 11.7 Å². The normalized spacial score (nSPS) is 11.1. The highest BCUT2D eigenvalue weighted by atomic mass is 35.5.